The number of H-pyrrole nitrogens is 1. The molecule has 2 fully saturated rings. The number of aryl methyl sites for hydroxylation is 2. The van der Waals surface area contributed by atoms with Gasteiger partial charge in [-0.1, -0.05) is 13.8 Å². The highest BCUT2D eigenvalue weighted by molar-refractivity contribution is 5.77. The number of hydrogen-bond acceptors (Lipinski definition) is 3. The molecule has 0 saturated carbocycles. The summed E-state index contributed by atoms with van der Waals surface area (Å²) in [5.41, 5.74) is 3.36. The van der Waals surface area contributed by atoms with Gasteiger partial charge in [0.25, 0.3) is 0 Å². The second-order valence-electron chi connectivity index (χ2n) is 7.84. The van der Waals surface area contributed by atoms with Crippen molar-refractivity contribution in [2.24, 2.45) is 11.8 Å². The minimum absolute atomic E-state index is 0.206. The van der Waals surface area contributed by atoms with E-state index >= 15 is 0 Å². The summed E-state index contributed by atoms with van der Waals surface area (Å²) in [5.74, 6) is 1.30. The van der Waals surface area contributed by atoms with Gasteiger partial charge in [-0.2, -0.15) is 5.10 Å². The minimum atomic E-state index is 0.206. The summed E-state index contributed by atoms with van der Waals surface area (Å²) in [7, 11) is 0. The lowest BCUT2D eigenvalue weighted by Crippen LogP contribution is -2.36. The highest BCUT2D eigenvalue weighted by Gasteiger charge is 2.35. The fourth-order valence-electron chi connectivity index (χ4n) is 4.33. The summed E-state index contributed by atoms with van der Waals surface area (Å²) in [6.07, 6.45) is 5.14. The minimum Gasteiger partial charge on any atom is -0.378 e. The van der Waals surface area contributed by atoms with Crippen molar-refractivity contribution in [1.29, 1.82) is 0 Å². The van der Waals surface area contributed by atoms with Crippen molar-refractivity contribution in [3.8, 4) is 0 Å². The number of aromatic nitrogens is 2. The summed E-state index contributed by atoms with van der Waals surface area (Å²) < 4.78 is 5.85. The topological polar surface area (TPSA) is 58.2 Å². The summed E-state index contributed by atoms with van der Waals surface area (Å²) in [5, 5.41) is 7.39. The van der Waals surface area contributed by atoms with Crippen LogP contribution >= 0.6 is 0 Å². The number of hydrogen-bond donors (Lipinski definition) is 1. The van der Waals surface area contributed by atoms with E-state index in [2.05, 4.69) is 35.9 Å². The van der Waals surface area contributed by atoms with Crippen LogP contribution in [-0.4, -0.2) is 40.3 Å². The predicted molar refractivity (Wildman–Crippen MR) is 93.7 cm³/mol. The molecule has 1 amide bonds. The van der Waals surface area contributed by atoms with Crippen LogP contribution in [0, 0.1) is 25.7 Å². The second-order valence-corrected chi connectivity index (χ2v) is 7.84. The Kier molecular flexibility index (Phi) is 5.28. The van der Waals surface area contributed by atoms with Gasteiger partial charge in [-0.05, 0) is 51.4 Å². The molecule has 2 aliphatic heterocycles. The average molecular weight is 333 g/mol. The Hall–Kier alpha value is -1.36. The molecular formula is C19H31N3O2. The lowest BCUT2D eigenvalue weighted by Gasteiger charge is -2.33. The molecule has 0 bridgehead atoms. The van der Waals surface area contributed by atoms with Crippen LogP contribution in [0.1, 0.15) is 68.9 Å². The molecule has 0 aromatic carbocycles. The number of aromatic amines is 1. The molecule has 0 aliphatic carbocycles. The largest absolute Gasteiger partial charge is 0.378 e. The molecule has 1 N–H and O–H groups in total. The molecule has 0 spiro atoms. The summed E-state index contributed by atoms with van der Waals surface area (Å²) in [6, 6.07) is 0.206. The number of rotatable bonds is 4. The lowest BCUT2D eigenvalue weighted by atomic mass is 9.87. The molecule has 1 aromatic heterocycles. The zero-order chi connectivity index (χ0) is 17.3. The summed E-state index contributed by atoms with van der Waals surface area (Å²) in [4.78, 5) is 15.1. The van der Waals surface area contributed by atoms with Crippen LogP contribution in [-0.2, 0) is 9.53 Å². The first kappa shape index (κ1) is 17.5. The molecule has 3 atom stereocenters. The molecule has 2 saturated heterocycles. The van der Waals surface area contributed by atoms with E-state index in [1.165, 1.54) is 5.56 Å². The van der Waals surface area contributed by atoms with Crippen LogP contribution in [0.15, 0.2) is 0 Å². The van der Waals surface area contributed by atoms with Gasteiger partial charge in [-0.3, -0.25) is 9.89 Å². The van der Waals surface area contributed by atoms with Gasteiger partial charge in [0.15, 0.2) is 0 Å². The van der Waals surface area contributed by atoms with E-state index in [0.717, 1.165) is 50.2 Å². The fourth-order valence-corrected chi connectivity index (χ4v) is 4.33. The zero-order valence-electron chi connectivity index (χ0n) is 15.5. The number of ether oxygens (including phenoxy) is 1. The molecule has 1 aromatic rings. The predicted octanol–water partition coefficient (Wildman–Crippen LogP) is 3.53. The highest BCUT2D eigenvalue weighted by Crippen LogP contribution is 2.36. The third kappa shape index (κ3) is 3.51. The van der Waals surface area contributed by atoms with E-state index in [1.54, 1.807) is 0 Å². The number of carbonyl (C=O) groups is 1. The molecule has 5 nitrogen and oxygen atoms in total. The number of amides is 1. The molecule has 3 unspecified atom stereocenters. The third-order valence-electron chi connectivity index (χ3n) is 5.72. The first-order chi connectivity index (χ1) is 11.5. The molecule has 2 aliphatic rings. The van der Waals surface area contributed by atoms with Gasteiger partial charge in [0.2, 0.25) is 5.91 Å². The fraction of sp³-hybridized carbons (Fsp3) is 0.789. The Morgan fingerprint density at radius 1 is 1.38 bits per heavy atom. The van der Waals surface area contributed by atoms with Crippen LogP contribution in [0.3, 0.4) is 0 Å². The van der Waals surface area contributed by atoms with Gasteiger partial charge >= 0.3 is 0 Å². The standard InChI is InChI=1S/C19H31N3O2/c1-12(2)17-10-15(7-9-24-17)11-18(23)22-8-5-6-16(22)19-13(3)20-21-14(19)4/h12,15-17H,5-11H2,1-4H3,(H,20,21). The Morgan fingerprint density at radius 2 is 2.17 bits per heavy atom. The second kappa shape index (κ2) is 7.26. The van der Waals surface area contributed by atoms with Crippen molar-refractivity contribution < 1.29 is 9.53 Å². The Morgan fingerprint density at radius 3 is 2.83 bits per heavy atom. The smallest absolute Gasteiger partial charge is 0.223 e. The molecule has 0 radical (unpaired) electrons. The molecule has 24 heavy (non-hydrogen) atoms. The van der Waals surface area contributed by atoms with Gasteiger partial charge in [-0.15, -0.1) is 0 Å². The number of likely N-dealkylation sites (tertiary alicyclic amines) is 1. The third-order valence-corrected chi connectivity index (χ3v) is 5.72. The van der Waals surface area contributed by atoms with Gasteiger partial charge in [0.05, 0.1) is 17.8 Å². The molecular weight excluding hydrogens is 302 g/mol. The average Bonchev–Trinajstić information content (AvgIpc) is 3.14. The van der Waals surface area contributed by atoms with Crippen LogP contribution in [0.2, 0.25) is 0 Å². The summed E-state index contributed by atoms with van der Waals surface area (Å²) in [6.45, 7) is 10.2. The Bertz CT molecular complexity index is 562. The normalized spacial score (nSPS) is 27.9. The van der Waals surface area contributed by atoms with E-state index in [0.29, 0.717) is 30.3 Å². The number of carbonyl (C=O) groups excluding carboxylic acids is 1. The van der Waals surface area contributed by atoms with Crippen molar-refractivity contribution in [1.82, 2.24) is 15.1 Å². The van der Waals surface area contributed by atoms with Gasteiger partial charge < -0.3 is 9.64 Å². The SMILES string of the molecule is Cc1n[nH]c(C)c1C1CCCN1C(=O)CC1CCOC(C(C)C)C1. The molecule has 3 rings (SSSR count). The molecule has 134 valence electrons. The van der Waals surface area contributed by atoms with Crippen molar-refractivity contribution in [3.63, 3.8) is 0 Å². The van der Waals surface area contributed by atoms with Gasteiger partial charge in [-0.25, -0.2) is 0 Å². The maximum absolute atomic E-state index is 13.0. The van der Waals surface area contributed by atoms with Crippen LogP contribution < -0.4 is 0 Å². The van der Waals surface area contributed by atoms with Crippen molar-refractivity contribution >= 4 is 5.91 Å². The van der Waals surface area contributed by atoms with Crippen molar-refractivity contribution in [3.05, 3.63) is 17.0 Å². The van der Waals surface area contributed by atoms with Crippen LogP contribution in [0.5, 0.6) is 0 Å². The summed E-state index contributed by atoms with van der Waals surface area (Å²) >= 11 is 0. The molecule has 5 heteroatoms. The van der Waals surface area contributed by atoms with E-state index < -0.39 is 0 Å². The Balaban J connectivity index is 1.66. The quantitative estimate of drug-likeness (QED) is 0.917. The van der Waals surface area contributed by atoms with Crippen LogP contribution in [0.4, 0.5) is 0 Å². The van der Waals surface area contributed by atoms with Gasteiger partial charge in [0, 0.05) is 30.8 Å². The maximum atomic E-state index is 13.0. The van der Waals surface area contributed by atoms with E-state index in [1.807, 2.05) is 6.92 Å². The highest BCUT2D eigenvalue weighted by atomic mass is 16.5. The Labute approximate surface area is 145 Å². The number of nitrogens with zero attached hydrogens (tertiary/aromatic N) is 2. The maximum Gasteiger partial charge on any atom is 0.223 e. The first-order valence-electron chi connectivity index (χ1n) is 9.40. The van der Waals surface area contributed by atoms with Crippen molar-refractivity contribution in [2.75, 3.05) is 13.2 Å². The van der Waals surface area contributed by atoms with Gasteiger partial charge in [0.1, 0.15) is 0 Å². The number of nitrogens with one attached hydrogen (secondary N) is 1. The first-order valence-corrected chi connectivity index (χ1v) is 9.40. The lowest BCUT2D eigenvalue weighted by molar-refractivity contribution is -0.134. The zero-order valence-corrected chi connectivity index (χ0v) is 15.5. The van der Waals surface area contributed by atoms with E-state index in [4.69, 9.17) is 4.74 Å². The van der Waals surface area contributed by atoms with E-state index in [-0.39, 0.29) is 6.04 Å². The van der Waals surface area contributed by atoms with Crippen LogP contribution in [0.25, 0.3) is 0 Å². The molecule has 3 heterocycles. The van der Waals surface area contributed by atoms with E-state index in [9.17, 15) is 4.79 Å². The monoisotopic (exact) mass is 333 g/mol. The van der Waals surface area contributed by atoms with Crippen molar-refractivity contribution in [2.45, 2.75) is 71.9 Å².